The largest absolute Gasteiger partial charge is 0.466 e. The first-order valence-electron chi connectivity index (χ1n) is 13.9. The molecular formula is C31H41N3O6. The van der Waals surface area contributed by atoms with Gasteiger partial charge < -0.3 is 19.7 Å². The zero-order valence-electron chi connectivity index (χ0n) is 24.2. The predicted octanol–water partition coefficient (Wildman–Crippen LogP) is 5.39. The summed E-state index contributed by atoms with van der Waals surface area (Å²) in [6, 6.07) is 14.4. The van der Waals surface area contributed by atoms with Crippen LogP contribution < -0.4 is 10.2 Å². The molecule has 0 spiro atoms. The molecule has 0 aromatic heterocycles. The van der Waals surface area contributed by atoms with Crippen LogP contribution >= 0.6 is 0 Å². The number of amides is 3. The maximum atomic E-state index is 13.8. The van der Waals surface area contributed by atoms with Crippen molar-refractivity contribution in [3.8, 4) is 0 Å². The van der Waals surface area contributed by atoms with E-state index in [1.165, 1.54) is 4.90 Å². The molecule has 3 amide bonds. The second-order valence-corrected chi connectivity index (χ2v) is 10.9. The number of alkyl carbamates (subject to hydrolysis) is 1. The van der Waals surface area contributed by atoms with Gasteiger partial charge in [-0.2, -0.15) is 0 Å². The average Bonchev–Trinajstić information content (AvgIpc) is 2.99. The molecule has 2 aromatic carbocycles. The molecule has 0 fully saturated rings. The third-order valence-electron chi connectivity index (χ3n) is 6.47. The Hall–Kier alpha value is -3.88. The first-order valence-corrected chi connectivity index (χ1v) is 13.9. The van der Waals surface area contributed by atoms with Gasteiger partial charge in [-0.15, -0.1) is 0 Å². The lowest BCUT2D eigenvalue weighted by Crippen LogP contribution is -2.43. The van der Waals surface area contributed by atoms with Gasteiger partial charge in [-0.3, -0.25) is 19.3 Å². The van der Waals surface area contributed by atoms with Gasteiger partial charge in [0.2, 0.25) is 0 Å². The van der Waals surface area contributed by atoms with Crippen molar-refractivity contribution in [2.24, 2.45) is 0 Å². The highest BCUT2D eigenvalue weighted by Crippen LogP contribution is 2.34. The van der Waals surface area contributed by atoms with Crippen molar-refractivity contribution in [3.05, 3.63) is 59.7 Å². The quantitative estimate of drug-likeness (QED) is 0.297. The zero-order chi connectivity index (χ0) is 29.3. The highest BCUT2D eigenvalue weighted by molar-refractivity contribution is 6.13. The van der Waals surface area contributed by atoms with Crippen molar-refractivity contribution < 1.29 is 28.7 Å². The fraction of sp³-hybridized carbons (Fsp3) is 0.484. The van der Waals surface area contributed by atoms with Crippen LogP contribution in [0, 0.1) is 0 Å². The van der Waals surface area contributed by atoms with Gasteiger partial charge in [0.25, 0.3) is 11.8 Å². The Morgan fingerprint density at radius 2 is 1.75 bits per heavy atom. The summed E-state index contributed by atoms with van der Waals surface area (Å²) in [5.41, 5.74) is 2.07. The van der Waals surface area contributed by atoms with E-state index in [4.69, 9.17) is 9.47 Å². The molecule has 9 nitrogen and oxygen atoms in total. The third kappa shape index (κ3) is 8.56. The van der Waals surface area contributed by atoms with Gasteiger partial charge >= 0.3 is 12.1 Å². The van der Waals surface area contributed by atoms with Crippen LogP contribution in [0.15, 0.2) is 48.5 Å². The molecule has 9 heteroatoms. The summed E-state index contributed by atoms with van der Waals surface area (Å²) in [7, 11) is 0. The van der Waals surface area contributed by atoms with Crippen molar-refractivity contribution in [2.75, 3.05) is 24.6 Å². The monoisotopic (exact) mass is 551 g/mol. The fourth-order valence-corrected chi connectivity index (χ4v) is 4.61. The van der Waals surface area contributed by atoms with Crippen LogP contribution in [0.1, 0.15) is 76.2 Å². The molecule has 1 aliphatic rings. The minimum absolute atomic E-state index is 0.00452. The number of rotatable bonds is 11. The molecule has 1 atom stereocenters. The number of hydrogen-bond donors (Lipinski definition) is 1. The van der Waals surface area contributed by atoms with Gasteiger partial charge in [-0.25, -0.2) is 4.79 Å². The number of aryl methyl sites for hydroxylation is 1. The van der Waals surface area contributed by atoms with Crippen LogP contribution in [0.4, 0.5) is 16.2 Å². The second kappa shape index (κ2) is 14.0. The second-order valence-electron chi connectivity index (χ2n) is 10.9. The molecule has 0 saturated carbocycles. The molecule has 0 aliphatic carbocycles. The van der Waals surface area contributed by atoms with Crippen molar-refractivity contribution >= 4 is 35.3 Å². The van der Waals surface area contributed by atoms with Crippen LogP contribution in [0.2, 0.25) is 0 Å². The summed E-state index contributed by atoms with van der Waals surface area (Å²) in [4.78, 5) is 54.3. The van der Waals surface area contributed by atoms with E-state index in [-0.39, 0.29) is 31.4 Å². The number of anilines is 2. The number of nitrogens with zero attached hydrogens (tertiary/aromatic N) is 2. The molecule has 1 aliphatic heterocycles. The third-order valence-corrected chi connectivity index (χ3v) is 6.47. The van der Waals surface area contributed by atoms with Crippen molar-refractivity contribution in [1.82, 2.24) is 10.2 Å². The lowest BCUT2D eigenvalue weighted by Gasteiger charge is -2.27. The van der Waals surface area contributed by atoms with E-state index in [0.717, 1.165) is 31.2 Å². The molecule has 2 aromatic rings. The summed E-state index contributed by atoms with van der Waals surface area (Å²) in [5, 5.41) is 2.77. The number of nitrogens with one attached hydrogen (secondary N) is 1. The van der Waals surface area contributed by atoms with Gasteiger partial charge in [0.05, 0.1) is 24.3 Å². The molecule has 216 valence electrons. The van der Waals surface area contributed by atoms with Gasteiger partial charge in [0.1, 0.15) is 12.1 Å². The van der Waals surface area contributed by atoms with Crippen LogP contribution in [0.25, 0.3) is 0 Å². The normalized spacial score (nSPS) is 14.3. The number of carbonyl (C=O) groups is 4. The number of unbranched alkanes of at least 4 members (excludes halogenated alkanes) is 2. The lowest BCUT2D eigenvalue weighted by atomic mass is 10.0. The zero-order valence-corrected chi connectivity index (χ0v) is 24.2. The highest BCUT2D eigenvalue weighted by atomic mass is 16.6. The van der Waals surface area contributed by atoms with Gasteiger partial charge in [-0.1, -0.05) is 30.7 Å². The Labute approximate surface area is 236 Å². The first kappa shape index (κ1) is 30.7. The summed E-state index contributed by atoms with van der Waals surface area (Å²) in [6.45, 7) is 9.60. The number of esters is 1. The summed E-state index contributed by atoms with van der Waals surface area (Å²) >= 11 is 0. The minimum Gasteiger partial charge on any atom is -0.466 e. The Morgan fingerprint density at radius 1 is 1.02 bits per heavy atom. The highest BCUT2D eigenvalue weighted by Gasteiger charge is 2.35. The Bertz CT molecular complexity index is 1190. The Morgan fingerprint density at radius 3 is 2.42 bits per heavy atom. The summed E-state index contributed by atoms with van der Waals surface area (Å²) in [6.07, 6.45) is 2.88. The number of carbonyl (C=O) groups excluding carboxylic acids is 4. The average molecular weight is 552 g/mol. The van der Waals surface area contributed by atoms with E-state index < -0.39 is 23.7 Å². The standard InChI is InChI=1S/C31H41N3O6/c1-6-39-28(36)19-22(2)33-21-27(35)34(24-14-10-7-11-15-24)26-17-16-23(20-25(26)29(33)37)13-9-8-12-18-32-30(38)40-31(3,4)5/h7,10-11,14-17,20,22H,6,8-9,12-13,18-19,21H2,1-5H3,(H,32,38). The SMILES string of the molecule is CCOC(=O)CC(C)N1CC(=O)N(c2ccccc2)c2ccc(CCCCCNC(=O)OC(C)(C)C)cc2C1=O. The van der Waals surface area contributed by atoms with Crippen molar-refractivity contribution in [2.45, 2.75) is 78.4 Å². The molecule has 0 saturated heterocycles. The molecule has 1 heterocycles. The Kier molecular flexibility index (Phi) is 10.7. The van der Waals surface area contributed by atoms with Crippen molar-refractivity contribution in [1.29, 1.82) is 0 Å². The molecule has 40 heavy (non-hydrogen) atoms. The summed E-state index contributed by atoms with van der Waals surface area (Å²) < 4.78 is 10.3. The topological polar surface area (TPSA) is 105 Å². The van der Waals surface area contributed by atoms with Crippen molar-refractivity contribution in [3.63, 3.8) is 0 Å². The lowest BCUT2D eigenvalue weighted by molar-refractivity contribution is -0.144. The summed E-state index contributed by atoms with van der Waals surface area (Å²) in [5.74, 6) is -0.948. The number of benzene rings is 2. The van der Waals surface area contributed by atoms with E-state index >= 15 is 0 Å². The maximum Gasteiger partial charge on any atom is 0.407 e. The Balaban J connectivity index is 1.75. The van der Waals surface area contributed by atoms with Gasteiger partial charge in [0, 0.05) is 18.3 Å². The molecular weight excluding hydrogens is 510 g/mol. The van der Waals surface area contributed by atoms with E-state index in [2.05, 4.69) is 5.32 Å². The smallest absolute Gasteiger partial charge is 0.407 e. The molecule has 0 bridgehead atoms. The molecule has 1 N–H and O–H groups in total. The van der Waals surface area contributed by atoms with E-state index in [9.17, 15) is 19.2 Å². The van der Waals surface area contributed by atoms with Crippen LogP contribution in [0.3, 0.4) is 0 Å². The van der Waals surface area contributed by atoms with E-state index in [1.807, 2.05) is 69.3 Å². The molecule has 3 rings (SSSR count). The number of hydrogen-bond acceptors (Lipinski definition) is 6. The number of ether oxygens (including phenoxy) is 2. The van der Waals surface area contributed by atoms with Gasteiger partial charge in [0.15, 0.2) is 0 Å². The van der Waals surface area contributed by atoms with Crippen LogP contribution in [0.5, 0.6) is 0 Å². The van der Waals surface area contributed by atoms with E-state index in [0.29, 0.717) is 23.5 Å². The predicted molar refractivity (Wildman–Crippen MR) is 154 cm³/mol. The van der Waals surface area contributed by atoms with Crippen LogP contribution in [-0.4, -0.2) is 60.1 Å². The first-order chi connectivity index (χ1) is 19.0. The van der Waals surface area contributed by atoms with Gasteiger partial charge in [-0.05, 0) is 83.7 Å². The molecule has 1 unspecified atom stereocenters. The van der Waals surface area contributed by atoms with Crippen LogP contribution in [-0.2, 0) is 25.5 Å². The maximum absolute atomic E-state index is 13.8. The number of fused-ring (bicyclic) bond motifs is 1. The minimum atomic E-state index is -0.528. The van der Waals surface area contributed by atoms with E-state index in [1.54, 1.807) is 18.7 Å². The fourth-order valence-electron chi connectivity index (χ4n) is 4.61. The number of para-hydroxylation sites is 1. The molecule has 0 radical (unpaired) electrons.